The van der Waals surface area contributed by atoms with Crippen LogP contribution in [-0.4, -0.2) is 68.9 Å². The molecule has 168 valence electrons. The number of halogens is 3. The molecule has 10 heteroatoms. The van der Waals surface area contributed by atoms with Gasteiger partial charge in [-0.2, -0.15) is 13.2 Å². The number of nitrogens with zero attached hydrogens (tertiary/aromatic N) is 4. The fourth-order valence-corrected chi connectivity index (χ4v) is 3.63. The number of phenols is 1. The molecule has 4 rings (SSSR count). The summed E-state index contributed by atoms with van der Waals surface area (Å²) in [5.41, 5.74) is -2.33. The Morgan fingerprint density at radius 3 is 2.25 bits per heavy atom. The highest BCUT2D eigenvalue weighted by molar-refractivity contribution is 5.91. The Hall–Kier alpha value is -3.40. The number of aromatic nitrogens is 2. The normalized spacial score (nSPS) is 16.8. The average Bonchev–Trinajstić information content (AvgIpc) is 2.77. The molecule has 1 unspecified atom stereocenters. The van der Waals surface area contributed by atoms with Crippen LogP contribution >= 0.6 is 0 Å². The molecule has 2 aromatic carbocycles. The van der Waals surface area contributed by atoms with Crippen molar-refractivity contribution in [3.8, 4) is 17.1 Å². The third-order valence-corrected chi connectivity index (χ3v) is 5.56. The van der Waals surface area contributed by atoms with Gasteiger partial charge in [0.15, 0.2) is 5.82 Å². The van der Waals surface area contributed by atoms with Gasteiger partial charge in [-0.25, -0.2) is 9.97 Å². The summed E-state index contributed by atoms with van der Waals surface area (Å²) >= 11 is 0. The molecule has 32 heavy (non-hydrogen) atoms. The average molecular weight is 446 g/mol. The highest BCUT2D eigenvalue weighted by Gasteiger charge is 2.57. The lowest BCUT2D eigenvalue weighted by Gasteiger charge is -2.39. The van der Waals surface area contributed by atoms with E-state index in [1.807, 2.05) is 29.2 Å². The molecule has 1 fully saturated rings. The van der Waals surface area contributed by atoms with Gasteiger partial charge in [0.1, 0.15) is 11.6 Å². The highest BCUT2D eigenvalue weighted by atomic mass is 19.4. The maximum Gasteiger partial charge on any atom is 0.426 e. The number of para-hydroxylation sites is 2. The molecule has 2 heterocycles. The number of amides is 1. The van der Waals surface area contributed by atoms with Gasteiger partial charge in [-0.15, -0.1) is 0 Å². The molecule has 3 aromatic rings. The van der Waals surface area contributed by atoms with Gasteiger partial charge in [0, 0.05) is 31.6 Å². The number of hydrogen-bond acceptors (Lipinski definition) is 6. The van der Waals surface area contributed by atoms with E-state index in [4.69, 9.17) is 0 Å². The second kappa shape index (κ2) is 7.94. The van der Waals surface area contributed by atoms with E-state index in [1.54, 1.807) is 18.2 Å². The van der Waals surface area contributed by atoms with Crippen LogP contribution in [-0.2, 0) is 4.79 Å². The standard InChI is InChI=1S/C22H21F3N4O3/c1-21(32,22(23,24)25)20(31)29-12-10-28(11-13-29)19-14-6-2-4-8-16(14)26-18(27-19)15-7-3-5-9-17(15)30/h2-9,30,32H,10-13H2,1H3. The van der Waals surface area contributed by atoms with Crippen molar-refractivity contribution in [2.24, 2.45) is 0 Å². The number of anilines is 1. The van der Waals surface area contributed by atoms with E-state index in [0.717, 1.165) is 10.3 Å². The second-order valence-electron chi connectivity index (χ2n) is 7.75. The largest absolute Gasteiger partial charge is 0.507 e. The van der Waals surface area contributed by atoms with Crippen molar-refractivity contribution < 1.29 is 28.2 Å². The molecule has 0 saturated carbocycles. The lowest BCUT2D eigenvalue weighted by Crippen LogP contribution is -2.60. The molecule has 7 nitrogen and oxygen atoms in total. The van der Waals surface area contributed by atoms with Crippen LogP contribution < -0.4 is 4.90 Å². The van der Waals surface area contributed by atoms with Gasteiger partial charge in [0.2, 0.25) is 5.60 Å². The van der Waals surface area contributed by atoms with E-state index in [9.17, 15) is 28.2 Å². The summed E-state index contributed by atoms with van der Waals surface area (Å²) in [5.74, 6) is -0.468. The Bertz CT molecular complexity index is 1160. The number of hydrogen-bond donors (Lipinski definition) is 2. The third kappa shape index (κ3) is 3.81. The molecule has 1 atom stereocenters. The van der Waals surface area contributed by atoms with Crippen LogP contribution in [0.5, 0.6) is 5.75 Å². The third-order valence-electron chi connectivity index (χ3n) is 5.56. The molecule has 1 aliphatic rings. The maximum atomic E-state index is 13.0. The van der Waals surface area contributed by atoms with Crippen molar-refractivity contribution in [1.29, 1.82) is 0 Å². The molecule has 2 N–H and O–H groups in total. The lowest BCUT2D eigenvalue weighted by molar-refractivity contribution is -0.250. The minimum atomic E-state index is -5.06. The zero-order chi connectivity index (χ0) is 23.1. The number of alkyl halides is 3. The second-order valence-corrected chi connectivity index (χ2v) is 7.75. The van der Waals surface area contributed by atoms with Crippen molar-refractivity contribution in [2.75, 3.05) is 31.1 Å². The van der Waals surface area contributed by atoms with Crippen LogP contribution in [0.4, 0.5) is 19.0 Å². The summed E-state index contributed by atoms with van der Waals surface area (Å²) in [4.78, 5) is 24.3. The Balaban J connectivity index is 1.64. The first-order valence-electron chi connectivity index (χ1n) is 9.98. The van der Waals surface area contributed by atoms with E-state index in [0.29, 0.717) is 29.6 Å². The first-order valence-corrected chi connectivity index (χ1v) is 9.98. The molecular formula is C22H21F3N4O3. The number of fused-ring (bicyclic) bond motifs is 1. The number of carbonyl (C=O) groups is 1. The quantitative estimate of drug-likeness (QED) is 0.643. The molecule has 0 spiro atoms. The van der Waals surface area contributed by atoms with Gasteiger partial charge >= 0.3 is 6.18 Å². The highest BCUT2D eigenvalue weighted by Crippen LogP contribution is 2.34. The number of carbonyl (C=O) groups excluding carboxylic acids is 1. The van der Waals surface area contributed by atoms with Crippen LogP contribution in [0.3, 0.4) is 0 Å². The van der Waals surface area contributed by atoms with E-state index < -0.39 is 17.7 Å². The van der Waals surface area contributed by atoms with Gasteiger partial charge in [-0.05, 0) is 31.2 Å². The minimum Gasteiger partial charge on any atom is -0.507 e. The molecule has 1 aliphatic heterocycles. The van der Waals surface area contributed by atoms with Crippen molar-refractivity contribution in [3.05, 3.63) is 48.5 Å². The summed E-state index contributed by atoms with van der Waals surface area (Å²) in [6.45, 7) is 0.907. The van der Waals surface area contributed by atoms with Gasteiger partial charge in [-0.3, -0.25) is 4.79 Å². The van der Waals surface area contributed by atoms with Gasteiger partial charge in [0.05, 0.1) is 11.1 Å². The fraction of sp³-hybridized carbons (Fsp3) is 0.318. The summed E-state index contributed by atoms with van der Waals surface area (Å²) in [6, 6.07) is 14.0. The molecule has 1 saturated heterocycles. The minimum absolute atomic E-state index is 0.00465. The van der Waals surface area contributed by atoms with Crippen molar-refractivity contribution in [2.45, 2.75) is 18.7 Å². The topological polar surface area (TPSA) is 89.8 Å². The SMILES string of the molecule is CC(O)(C(=O)N1CCN(c2nc(-c3ccccc3O)nc3ccccc23)CC1)C(F)(F)F. The number of benzene rings is 2. The van der Waals surface area contributed by atoms with E-state index in [-0.39, 0.29) is 31.9 Å². The van der Waals surface area contributed by atoms with Gasteiger partial charge in [-0.1, -0.05) is 24.3 Å². The summed E-state index contributed by atoms with van der Waals surface area (Å²) < 4.78 is 39.1. The molecule has 0 radical (unpaired) electrons. The van der Waals surface area contributed by atoms with Crippen molar-refractivity contribution >= 4 is 22.6 Å². The van der Waals surface area contributed by atoms with Gasteiger partial charge < -0.3 is 20.0 Å². The Morgan fingerprint density at radius 2 is 1.59 bits per heavy atom. The van der Waals surface area contributed by atoms with E-state index in [1.165, 1.54) is 6.07 Å². The zero-order valence-corrected chi connectivity index (χ0v) is 17.2. The summed E-state index contributed by atoms with van der Waals surface area (Å²) in [7, 11) is 0. The van der Waals surface area contributed by atoms with E-state index in [2.05, 4.69) is 9.97 Å². The maximum absolute atomic E-state index is 13.0. The summed E-state index contributed by atoms with van der Waals surface area (Å²) in [6.07, 6.45) is -5.06. The van der Waals surface area contributed by atoms with Crippen LogP contribution in [0.25, 0.3) is 22.3 Å². The van der Waals surface area contributed by atoms with Crippen molar-refractivity contribution in [1.82, 2.24) is 14.9 Å². The van der Waals surface area contributed by atoms with Crippen LogP contribution in [0.1, 0.15) is 6.92 Å². The Labute approximate surface area is 181 Å². The van der Waals surface area contributed by atoms with Crippen LogP contribution in [0, 0.1) is 0 Å². The predicted molar refractivity (Wildman–Crippen MR) is 112 cm³/mol. The first-order chi connectivity index (χ1) is 15.1. The van der Waals surface area contributed by atoms with Gasteiger partial charge in [0.25, 0.3) is 5.91 Å². The fourth-order valence-electron chi connectivity index (χ4n) is 3.63. The number of piperazine rings is 1. The lowest BCUT2D eigenvalue weighted by atomic mass is 10.0. The first kappa shape index (κ1) is 21.8. The molecular weight excluding hydrogens is 425 g/mol. The molecule has 1 amide bonds. The number of rotatable bonds is 3. The monoisotopic (exact) mass is 446 g/mol. The summed E-state index contributed by atoms with van der Waals surface area (Å²) in [5, 5.41) is 20.7. The zero-order valence-electron chi connectivity index (χ0n) is 17.2. The van der Waals surface area contributed by atoms with Crippen LogP contribution in [0.2, 0.25) is 0 Å². The number of aliphatic hydroxyl groups is 1. The smallest absolute Gasteiger partial charge is 0.426 e. The Morgan fingerprint density at radius 1 is 0.969 bits per heavy atom. The van der Waals surface area contributed by atoms with Crippen molar-refractivity contribution in [3.63, 3.8) is 0 Å². The molecule has 0 aliphatic carbocycles. The molecule has 0 bridgehead atoms. The van der Waals surface area contributed by atoms with Crippen LogP contribution in [0.15, 0.2) is 48.5 Å². The number of phenolic OH excluding ortho intramolecular Hbond substituents is 1. The Kier molecular flexibility index (Phi) is 5.41. The molecule has 1 aromatic heterocycles. The van der Waals surface area contributed by atoms with E-state index >= 15 is 0 Å². The predicted octanol–water partition coefficient (Wildman–Crippen LogP) is 2.96. The number of aromatic hydroxyl groups is 1.